The van der Waals surface area contributed by atoms with Gasteiger partial charge in [0.1, 0.15) is 17.5 Å². The molecule has 2 aliphatic rings. The van der Waals surface area contributed by atoms with Crippen LogP contribution in [-0.4, -0.2) is 41.3 Å². The molecule has 2 atom stereocenters. The lowest BCUT2D eigenvalue weighted by molar-refractivity contribution is -0.0781. The summed E-state index contributed by atoms with van der Waals surface area (Å²) in [5.74, 6) is 0.947. The van der Waals surface area contributed by atoms with Crippen molar-refractivity contribution in [2.24, 2.45) is 0 Å². The van der Waals surface area contributed by atoms with Gasteiger partial charge in [0.05, 0.1) is 0 Å². The Morgan fingerprint density at radius 2 is 2.00 bits per heavy atom. The molecule has 0 aliphatic carbocycles. The van der Waals surface area contributed by atoms with Crippen molar-refractivity contribution in [1.29, 1.82) is 0 Å². The first kappa shape index (κ1) is 13.9. The predicted molar refractivity (Wildman–Crippen MR) is 80.1 cm³/mol. The Hall–Kier alpha value is -1.06. The number of β-amino-alcohol motifs (C(OH)–C–C–N with tert-alkyl or cyclic N) is 1. The van der Waals surface area contributed by atoms with Crippen molar-refractivity contribution in [3.8, 4) is 5.75 Å². The first-order chi connectivity index (χ1) is 9.71. The minimum atomic E-state index is -0.740. The highest BCUT2D eigenvalue weighted by atomic mass is 16.5. The van der Waals surface area contributed by atoms with Crippen LogP contribution in [0.3, 0.4) is 0 Å². The number of hydrogen-bond acceptors (Lipinski definition) is 3. The molecule has 1 saturated heterocycles. The fraction of sp³-hybridized carbons (Fsp3) is 0.647. The second-order valence-electron chi connectivity index (χ2n) is 6.21. The Labute approximate surface area is 121 Å². The molecule has 0 unspecified atom stereocenters. The summed E-state index contributed by atoms with van der Waals surface area (Å²) in [6.07, 6.45) is 5.30. The highest BCUT2D eigenvalue weighted by molar-refractivity contribution is 5.38. The molecule has 1 N–H and O–H groups in total. The highest BCUT2D eigenvalue weighted by Gasteiger charge is 2.42. The predicted octanol–water partition coefficient (Wildman–Crippen LogP) is 2.62. The Morgan fingerprint density at radius 3 is 2.70 bits per heavy atom. The molecule has 3 rings (SSSR count). The van der Waals surface area contributed by atoms with Crippen molar-refractivity contribution < 1.29 is 9.84 Å². The lowest BCUT2D eigenvalue weighted by Gasteiger charge is -2.38. The van der Waals surface area contributed by atoms with Crippen LogP contribution < -0.4 is 4.74 Å². The summed E-state index contributed by atoms with van der Waals surface area (Å²) >= 11 is 0. The highest BCUT2D eigenvalue weighted by Crippen LogP contribution is 2.35. The zero-order valence-electron chi connectivity index (χ0n) is 12.3. The molecule has 1 aromatic rings. The fourth-order valence-electron chi connectivity index (χ4n) is 3.43. The first-order valence-electron chi connectivity index (χ1n) is 7.90. The van der Waals surface area contributed by atoms with Crippen LogP contribution in [0.1, 0.15) is 38.2 Å². The molecule has 1 aromatic carbocycles. The SMILES string of the molecule is CC[C@@](O)(CN1CCCCC1)[C@H]1Cc2ccccc2O1. The van der Waals surface area contributed by atoms with Gasteiger partial charge in [-0.3, -0.25) is 0 Å². The van der Waals surface area contributed by atoms with Gasteiger partial charge in [0.25, 0.3) is 0 Å². The van der Waals surface area contributed by atoms with Crippen LogP contribution in [-0.2, 0) is 6.42 Å². The van der Waals surface area contributed by atoms with E-state index < -0.39 is 5.60 Å². The third kappa shape index (κ3) is 2.70. The molecule has 2 heterocycles. The maximum atomic E-state index is 11.1. The van der Waals surface area contributed by atoms with Crippen LogP contribution in [0, 0.1) is 0 Å². The van der Waals surface area contributed by atoms with E-state index in [-0.39, 0.29) is 6.10 Å². The molecule has 3 nitrogen and oxygen atoms in total. The number of rotatable bonds is 4. The van der Waals surface area contributed by atoms with Crippen LogP contribution in [0.2, 0.25) is 0 Å². The summed E-state index contributed by atoms with van der Waals surface area (Å²) in [5, 5.41) is 11.1. The van der Waals surface area contributed by atoms with Crippen molar-refractivity contribution in [1.82, 2.24) is 4.90 Å². The number of nitrogens with zero attached hydrogens (tertiary/aromatic N) is 1. The lowest BCUT2D eigenvalue weighted by atomic mass is 9.89. The second kappa shape index (κ2) is 5.74. The summed E-state index contributed by atoms with van der Waals surface area (Å²) < 4.78 is 6.03. The quantitative estimate of drug-likeness (QED) is 0.917. The summed E-state index contributed by atoms with van der Waals surface area (Å²) in [6, 6.07) is 8.15. The van der Waals surface area contributed by atoms with Gasteiger partial charge in [-0.1, -0.05) is 31.5 Å². The molecule has 3 heteroatoms. The van der Waals surface area contributed by atoms with Gasteiger partial charge in [-0.15, -0.1) is 0 Å². The molecule has 1 fully saturated rings. The van der Waals surface area contributed by atoms with Gasteiger partial charge in [0.15, 0.2) is 0 Å². The third-order valence-electron chi connectivity index (χ3n) is 4.80. The monoisotopic (exact) mass is 275 g/mol. The number of para-hydroxylation sites is 1. The van der Waals surface area contributed by atoms with E-state index in [4.69, 9.17) is 4.74 Å². The maximum absolute atomic E-state index is 11.1. The van der Waals surface area contributed by atoms with Crippen molar-refractivity contribution in [2.45, 2.75) is 50.7 Å². The number of benzene rings is 1. The van der Waals surface area contributed by atoms with E-state index in [0.717, 1.165) is 38.2 Å². The molecule has 0 saturated carbocycles. The normalized spacial score (nSPS) is 25.8. The third-order valence-corrected chi connectivity index (χ3v) is 4.80. The Bertz CT molecular complexity index is 431. The van der Waals surface area contributed by atoms with Crippen LogP contribution in [0.4, 0.5) is 0 Å². The average Bonchev–Trinajstić information content (AvgIpc) is 2.93. The number of piperidine rings is 1. The van der Waals surface area contributed by atoms with Gasteiger partial charge >= 0.3 is 0 Å². The summed E-state index contributed by atoms with van der Waals surface area (Å²) in [5.41, 5.74) is 0.485. The molecule has 110 valence electrons. The zero-order valence-corrected chi connectivity index (χ0v) is 12.3. The maximum Gasteiger partial charge on any atom is 0.133 e. The van der Waals surface area contributed by atoms with Gasteiger partial charge in [-0.25, -0.2) is 0 Å². The minimum absolute atomic E-state index is 0.105. The molecule has 0 spiro atoms. The first-order valence-corrected chi connectivity index (χ1v) is 7.90. The number of ether oxygens (including phenoxy) is 1. The van der Waals surface area contributed by atoms with Crippen molar-refractivity contribution in [3.63, 3.8) is 0 Å². The molecule has 2 aliphatic heterocycles. The molecular weight excluding hydrogens is 250 g/mol. The summed E-state index contributed by atoms with van der Waals surface area (Å²) in [7, 11) is 0. The van der Waals surface area contributed by atoms with Crippen LogP contribution in [0.15, 0.2) is 24.3 Å². The smallest absolute Gasteiger partial charge is 0.133 e. The second-order valence-corrected chi connectivity index (χ2v) is 6.21. The van der Waals surface area contributed by atoms with Gasteiger partial charge in [0, 0.05) is 13.0 Å². The van der Waals surface area contributed by atoms with Crippen LogP contribution in [0.5, 0.6) is 5.75 Å². The van der Waals surface area contributed by atoms with Crippen molar-refractivity contribution in [2.75, 3.05) is 19.6 Å². The Kier molecular flexibility index (Phi) is 3.99. The van der Waals surface area contributed by atoms with E-state index in [9.17, 15) is 5.11 Å². The standard InChI is InChI=1S/C17H25NO2/c1-2-17(19,13-18-10-6-3-7-11-18)16-12-14-8-4-5-9-15(14)20-16/h4-5,8-9,16,19H,2-3,6-7,10-13H2,1H3/t16-,17-/m1/s1. The van der Waals surface area contributed by atoms with E-state index in [1.165, 1.54) is 24.8 Å². The Morgan fingerprint density at radius 1 is 1.25 bits per heavy atom. The molecule has 20 heavy (non-hydrogen) atoms. The number of hydrogen-bond donors (Lipinski definition) is 1. The summed E-state index contributed by atoms with van der Waals surface area (Å²) in [4.78, 5) is 2.40. The number of likely N-dealkylation sites (tertiary alicyclic amines) is 1. The molecule has 0 bridgehead atoms. The average molecular weight is 275 g/mol. The van der Waals surface area contributed by atoms with Crippen LogP contribution in [0.25, 0.3) is 0 Å². The van der Waals surface area contributed by atoms with E-state index in [1.807, 2.05) is 18.2 Å². The van der Waals surface area contributed by atoms with Gasteiger partial charge < -0.3 is 14.7 Å². The van der Waals surface area contributed by atoms with E-state index in [1.54, 1.807) is 0 Å². The van der Waals surface area contributed by atoms with Crippen LogP contribution >= 0.6 is 0 Å². The molecule has 0 amide bonds. The number of aliphatic hydroxyl groups is 1. The fourth-order valence-corrected chi connectivity index (χ4v) is 3.43. The van der Waals surface area contributed by atoms with E-state index >= 15 is 0 Å². The summed E-state index contributed by atoms with van der Waals surface area (Å²) in [6.45, 7) is 5.03. The number of fused-ring (bicyclic) bond motifs is 1. The molecular formula is C17H25NO2. The van der Waals surface area contributed by atoms with Crippen molar-refractivity contribution >= 4 is 0 Å². The topological polar surface area (TPSA) is 32.7 Å². The lowest BCUT2D eigenvalue weighted by Crippen LogP contribution is -2.53. The minimum Gasteiger partial charge on any atom is -0.487 e. The van der Waals surface area contributed by atoms with Gasteiger partial charge in [-0.05, 0) is 44.0 Å². The molecule has 0 radical (unpaired) electrons. The van der Waals surface area contributed by atoms with E-state index in [2.05, 4.69) is 17.9 Å². The van der Waals surface area contributed by atoms with E-state index in [0.29, 0.717) is 0 Å². The van der Waals surface area contributed by atoms with Gasteiger partial charge in [0.2, 0.25) is 0 Å². The molecule has 0 aromatic heterocycles. The zero-order chi connectivity index (χ0) is 14.0. The van der Waals surface area contributed by atoms with Crippen molar-refractivity contribution in [3.05, 3.63) is 29.8 Å². The largest absolute Gasteiger partial charge is 0.487 e. The van der Waals surface area contributed by atoms with Gasteiger partial charge in [-0.2, -0.15) is 0 Å². The Balaban J connectivity index is 1.70.